The molecular formula is C12H13ClN2O. The number of hydrogen-bond acceptors (Lipinski definition) is 3. The average molecular weight is 237 g/mol. The molecule has 84 valence electrons. The molecule has 0 saturated heterocycles. The molecule has 1 unspecified atom stereocenters. The summed E-state index contributed by atoms with van der Waals surface area (Å²) in [5, 5.41) is 4.09. The summed E-state index contributed by atoms with van der Waals surface area (Å²) in [6, 6.07) is 8.05. The van der Waals surface area contributed by atoms with Gasteiger partial charge in [-0.3, -0.25) is 0 Å². The number of aromatic nitrogens is 1. The van der Waals surface area contributed by atoms with E-state index in [-0.39, 0.29) is 6.04 Å². The Kier molecular flexibility index (Phi) is 3.59. The van der Waals surface area contributed by atoms with Gasteiger partial charge in [0.25, 0.3) is 0 Å². The predicted molar refractivity (Wildman–Crippen MR) is 63.2 cm³/mol. The lowest BCUT2D eigenvalue weighted by Crippen LogP contribution is -2.17. The van der Waals surface area contributed by atoms with Crippen LogP contribution >= 0.6 is 11.6 Å². The van der Waals surface area contributed by atoms with E-state index in [4.69, 9.17) is 16.0 Å². The summed E-state index contributed by atoms with van der Waals surface area (Å²) in [6.45, 7) is 2.75. The van der Waals surface area contributed by atoms with Gasteiger partial charge in [0.1, 0.15) is 5.76 Å². The van der Waals surface area contributed by atoms with Crippen molar-refractivity contribution in [2.45, 2.75) is 19.5 Å². The Balaban J connectivity index is 1.95. The van der Waals surface area contributed by atoms with Gasteiger partial charge in [0, 0.05) is 11.1 Å². The number of nitrogens with one attached hydrogen (secondary N) is 1. The lowest BCUT2D eigenvalue weighted by molar-refractivity contribution is 0.458. The fourth-order valence-electron chi connectivity index (χ4n) is 1.48. The molecule has 0 aliphatic rings. The Hall–Kier alpha value is -1.32. The minimum absolute atomic E-state index is 0.226. The minimum atomic E-state index is 0.226. The Morgan fingerprint density at radius 2 is 2.38 bits per heavy atom. The SMILES string of the molecule is CC(NCc1cnco1)c1cccc(Cl)c1. The van der Waals surface area contributed by atoms with Crippen molar-refractivity contribution < 1.29 is 4.42 Å². The van der Waals surface area contributed by atoms with Gasteiger partial charge >= 0.3 is 0 Å². The van der Waals surface area contributed by atoms with E-state index in [2.05, 4.69) is 17.2 Å². The number of oxazole rings is 1. The summed E-state index contributed by atoms with van der Waals surface area (Å²) < 4.78 is 5.14. The Bertz CT molecular complexity index is 442. The maximum Gasteiger partial charge on any atom is 0.180 e. The van der Waals surface area contributed by atoms with Gasteiger partial charge in [-0.25, -0.2) is 4.98 Å². The average Bonchev–Trinajstić information content (AvgIpc) is 2.78. The molecule has 0 radical (unpaired) electrons. The quantitative estimate of drug-likeness (QED) is 0.886. The molecule has 0 aliphatic heterocycles. The van der Waals surface area contributed by atoms with Crippen LogP contribution in [0.5, 0.6) is 0 Å². The lowest BCUT2D eigenvalue weighted by Gasteiger charge is -2.13. The molecule has 1 atom stereocenters. The normalized spacial score (nSPS) is 12.6. The maximum atomic E-state index is 5.93. The Labute approximate surface area is 99.5 Å². The Morgan fingerprint density at radius 3 is 3.06 bits per heavy atom. The van der Waals surface area contributed by atoms with Crippen molar-refractivity contribution in [1.82, 2.24) is 10.3 Å². The number of nitrogens with zero attached hydrogens (tertiary/aromatic N) is 1. The van der Waals surface area contributed by atoms with Crippen LogP contribution in [0.3, 0.4) is 0 Å². The first-order chi connectivity index (χ1) is 7.75. The van der Waals surface area contributed by atoms with E-state index >= 15 is 0 Å². The van der Waals surface area contributed by atoms with Gasteiger partial charge in [0.05, 0.1) is 12.7 Å². The largest absolute Gasteiger partial charge is 0.447 e. The van der Waals surface area contributed by atoms with E-state index in [1.807, 2.05) is 24.3 Å². The highest BCUT2D eigenvalue weighted by atomic mass is 35.5. The third kappa shape index (κ3) is 2.84. The number of rotatable bonds is 4. The van der Waals surface area contributed by atoms with Crippen molar-refractivity contribution in [1.29, 1.82) is 0 Å². The van der Waals surface area contributed by atoms with Gasteiger partial charge in [0.2, 0.25) is 0 Å². The zero-order valence-corrected chi connectivity index (χ0v) is 9.74. The van der Waals surface area contributed by atoms with Gasteiger partial charge < -0.3 is 9.73 Å². The van der Waals surface area contributed by atoms with E-state index in [9.17, 15) is 0 Å². The van der Waals surface area contributed by atoms with Crippen molar-refractivity contribution in [3.8, 4) is 0 Å². The van der Waals surface area contributed by atoms with Crippen molar-refractivity contribution in [2.75, 3.05) is 0 Å². The molecule has 0 amide bonds. The molecule has 0 aliphatic carbocycles. The van der Waals surface area contributed by atoms with E-state index < -0.39 is 0 Å². The van der Waals surface area contributed by atoms with E-state index in [1.165, 1.54) is 6.39 Å². The van der Waals surface area contributed by atoms with Gasteiger partial charge in [-0.15, -0.1) is 0 Å². The zero-order chi connectivity index (χ0) is 11.4. The van der Waals surface area contributed by atoms with Crippen LogP contribution in [0.15, 0.2) is 41.3 Å². The van der Waals surface area contributed by atoms with E-state index in [1.54, 1.807) is 6.20 Å². The van der Waals surface area contributed by atoms with E-state index in [0.717, 1.165) is 16.3 Å². The first kappa shape index (κ1) is 11.2. The molecule has 0 spiro atoms. The second-order valence-electron chi connectivity index (χ2n) is 3.63. The monoisotopic (exact) mass is 236 g/mol. The molecule has 1 aromatic carbocycles. The summed E-state index contributed by atoms with van der Waals surface area (Å²) in [7, 11) is 0. The van der Waals surface area contributed by atoms with Crippen molar-refractivity contribution in [3.05, 3.63) is 53.2 Å². The number of benzene rings is 1. The Morgan fingerprint density at radius 1 is 1.50 bits per heavy atom. The molecule has 16 heavy (non-hydrogen) atoms. The van der Waals surface area contributed by atoms with Crippen LogP contribution < -0.4 is 5.32 Å². The predicted octanol–water partition coefficient (Wildman–Crippen LogP) is 3.18. The van der Waals surface area contributed by atoms with Gasteiger partial charge in [0.15, 0.2) is 6.39 Å². The summed E-state index contributed by atoms with van der Waals surface area (Å²) in [4.78, 5) is 3.86. The molecule has 0 fully saturated rings. The molecule has 1 aromatic heterocycles. The van der Waals surface area contributed by atoms with Gasteiger partial charge in [-0.2, -0.15) is 0 Å². The fraction of sp³-hybridized carbons (Fsp3) is 0.250. The molecule has 0 bridgehead atoms. The number of halogens is 1. The first-order valence-electron chi connectivity index (χ1n) is 5.12. The van der Waals surface area contributed by atoms with Crippen LogP contribution in [-0.4, -0.2) is 4.98 Å². The zero-order valence-electron chi connectivity index (χ0n) is 8.98. The van der Waals surface area contributed by atoms with Crippen LogP contribution in [-0.2, 0) is 6.54 Å². The lowest BCUT2D eigenvalue weighted by atomic mass is 10.1. The summed E-state index contributed by atoms with van der Waals surface area (Å²) >= 11 is 5.93. The van der Waals surface area contributed by atoms with Crippen molar-refractivity contribution in [2.24, 2.45) is 0 Å². The summed E-state index contributed by atoms with van der Waals surface area (Å²) in [5.74, 6) is 0.828. The van der Waals surface area contributed by atoms with Crippen molar-refractivity contribution in [3.63, 3.8) is 0 Å². The van der Waals surface area contributed by atoms with Gasteiger partial charge in [-0.05, 0) is 24.6 Å². The maximum absolute atomic E-state index is 5.93. The van der Waals surface area contributed by atoms with Crippen LogP contribution in [0.2, 0.25) is 5.02 Å². The highest BCUT2D eigenvalue weighted by Crippen LogP contribution is 2.17. The summed E-state index contributed by atoms with van der Waals surface area (Å²) in [6.07, 6.45) is 3.14. The van der Waals surface area contributed by atoms with E-state index in [0.29, 0.717) is 6.54 Å². The minimum Gasteiger partial charge on any atom is -0.447 e. The standard InChI is InChI=1S/C12H13ClN2O/c1-9(10-3-2-4-11(13)5-10)15-7-12-6-14-8-16-12/h2-6,8-9,15H,7H2,1H3. The van der Waals surface area contributed by atoms with Crippen LogP contribution in [0.1, 0.15) is 24.3 Å². The van der Waals surface area contributed by atoms with Gasteiger partial charge in [-0.1, -0.05) is 23.7 Å². The highest BCUT2D eigenvalue weighted by molar-refractivity contribution is 6.30. The molecule has 1 N–H and O–H groups in total. The fourth-order valence-corrected chi connectivity index (χ4v) is 1.68. The van der Waals surface area contributed by atoms with Crippen molar-refractivity contribution >= 4 is 11.6 Å². The molecule has 2 aromatic rings. The highest BCUT2D eigenvalue weighted by Gasteiger charge is 2.06. The molecule has 2 rings (SSSR count). The van der Waals surface area contributed by atoms with Crippen LogP contribution in [0, 0.1) is 0 Å². The second kappa shape index (κ2) is 5.14. The molecular weight excluding hydrogens is 224 g/mol. The second-order valence-corrected chi connectivity index (χ2v) is 4.06. The van der Waals surface area contributed by atoms with Crippen LogP contribution in [0.25, 0.3) is 0 Å². The third-order valence-electron chi connectivity index (χ3n) is 2.41. The molecule has 1 heterocycles. The third-order valence-corrected chi connectivity index (χ3v) is 2.65. The molecule has 3 nitrogen and oxygen atoms in total. The smallest absolute Gasteiger partial charge is 0.180 e. The van der Waals surface area contributed by atoms with Crippen LogP contribution in [0.4, 0.5) is 0 Å². The summed E-state index contributed by atoms with van der Waals surface area (Å²) in [5.41, 5.74) is 1.16. The topological polar surface area (TPSA) is 38.1 Å². The number of hydrogen-bond donors (Lipinski definition) is 1. The first-order valence-corrected chi connectivity index (χ1v) is 5.50. The molecule has 4 heteroatoms. The molecule has 0 saturated carbocycles.